The molecule has 72 valence electrons. The van der Waals surface area contributed by atoms with E-state index in [1.54, 1.807) is 0 Å². The predicted octanol–water partition coefficient (Wildman–Crippen LogP) is 0.221. The summed E-state index contributed by atoms with van der Waals surface area (Å²) in [6.45, 7) is 0. The van der Waals surface area contributed by atoms with Crippen molar-refractivity contribution in [1.82, 2.24) is 19.8 Å². The van der Waals surface area contributed by atoms with Crippen LogP contribution in [0.3, 0.4) is 0 Å². The molecular formula is C6H3ClN4O3. The molecule has 0 aliphatic carbocycles. The van der Waals surface area contributed by atoms with Gasteiger partial charge in [0.05, 0.1) is 0 Å². The number of H-pyrrole nitrogens is 1. The van der Waals surface area contributed by atoms with Crippen molar-refractivity contribution >= 4 is 29.5 Å². The normalized spacial score (nSPS) is 10.6. The van der Waals surface area contributed by atoms with Gasteiger partial charge in [-0.1, -0.05) is 11.6 Å². The quantitative estimate of drug-likeness (QED) is 0.697. The van der Waals surface area contributed by atoms with E-state index in [0.29, 0.717) is 6.29 Å². The number of carboxylic acids is 1. The molecule has 0 aromatic carbocycles. The topological polar surface area (TPSA) is 100 Å². The maximum Gasteiger partial charge on any atom is 0.360 e. The van der Waals surface area contributed by atoms with Crippen molar-refractivity contribution in [2.24, 2.45) is 0 Å². The first-order valence-electron chi connectivity index (χ1n) is 3.46. The summed E-state index contributed by atoms with van der Waals surface area (Å²) in [6.07, 6.45) is 0.464. The molecule has 0 aliphatic rings. The summed E-state index contributed by atoms with van der Waals surface area (Å²) >= 11 is 5.58. The minimum atomic E-state index is -1.24. The van der Waals surface area contributed by atoms with Crippen molar-refractivity contribution in [3.63, 3.8) is 0 Å². The molecule has 14 heavy (non-hydrogen) atoms. The first-order valence-corrected chi connectivity index (χ1v) is 3.83. The number of fused-ring (bicyclic) bond motifs is 1. The number of halogens is 1. The Morgan fingerprint density at radius 2 is 2.36 bits per heavy atom. The van der Waals surface area contributed by atoms with E-state index >= 15 is 0 Å². The number of aromatic carboxylic acids is 1. The van der Waals surface area contributed by atoms with Crippen LogP contribution in [0.1, 0.15) is 21.0 Å². The first kappa shape index (κ1) is 8.70. The molecule has 0 aliphatic heterocycles. The molecule has 2 N–H and O–H groups in total. The van der Waals surface area contributed by atoms with Gasteiger partial charge in [-0.2, -0.15) is 0 Å². The molecule has 0 spiro atoms. The van der Waals surface area contributed by atoms with E-state index in [9.17, 15) is 9.59 Å². The van der Waals surface area contributed by atoms with Crippen molar-refractivity contribution in [3.8, 4) is 0 Å². The van der Waals surface area contributed by atoms with Crippen molar-refractivity contribution in [3.05, 3.63) is 16.5 Å². The minimum absolute atomic E-state index is 0.0181. The highest BCUT2D eigenvalue weighted by Crippen LogP contribution is 2.16. The smallest absolute Gasteiger partial charge is 0.360 e. The molecule has 0 unspecified atom stereocenters. The monoisotopic (exact) mass is 214 g/mol. The molecule has 0 saturated heterocycles. The molecule has 2 aromatic rings. The van der Waals surface area contributed by atoms with Crippen LogP contribution >= 0.6 is 11.6 Å². The fraction of sp³-hybridized carbons (Fsp3) is 0. The predicted molar refractivity (Wildman–Crippen MR) is 44.7 cm³/mol. The summed E-state index contributed by atoms with van der Waals surface area (Å²) in [4.78, 5) is 24.8. The van der Waals surface area contributed by atoms with Gasteiger partial charge in [0.25, 0.3) is 0 Å². The maximum atomic E-state index is 10.6. The van der Waals surface area contributed by atoms with Gasteiger partial charge in [0.15, 0.2) is 17.1 Å². The van der Waals surface area contributed by atoms with E-state index in [0.717, 1.165) is 4.52 Å². The second kappa shape index (κ2) is 2.81. The van der Waals surface area contributed by atoms with Crippen LogP contribution in [0.25, 0.3) is 5.65 Å². The Hall–Kier alpha value is -1.89. The maximum absolute atomic E-state index is 10.6. The largest absolute Gasteiger partial charge is 0.476 e. The molecule has 0 bridgehead atoms. The standard InChI is InChI=1S/C6H3ClN4O3/c7-4-2(1-12)11-5(8-4)3(6(13)14)9-10-11/h1,10H,(H,13,14). The summed E-state index contributed by atoms with van der Waals surface area (Å²) in [5.41, 5.74) is -0.216. The van der Waals surface area contributed by atoms with Crippen LogP contribution in [0.4, 0.5) is 0 Å². The number of carbonyl (C=O) groups is 2. The Morgan fingerprint density at radius 3 is 2.93 bits per heavy atom. The van der Waals surface area contributed by atoms with Crippen molar-refractivity contribution in [2.45, 2.75) is 0 Å². The van der Waals surface area contributed by atoms with E-state index in [-0.39, 0.29) is 22.2 Å². The lowest BCUT2D eigenvalue weighted by molar-refractivity contribution is 0.0692. The Morgan fingerprint density at radius 1 is 1.64 bits per heavy atom. The van der Waals surface area contributed by atoms with Crippen molar-refractivity contribution < 1.29 is 14.7 Å². The Balaban J connectivity index is 2.82. The SMILES string of the molecule is O=Cc1c(Cl)nc2c(C(=O)O)n[nH]n12. The van der Waals surface area contributed by atoms with Crippen molar-refractivity contribution in [2.75, 3.05) is 0 Å². The van der Waals surface area contributed by atoms with Crippen LogP contribution in [0, 0.1) is 0 Å². The van der Waals surface area contributed by atoms with Gasteiger partial charge in [-0.15, -0.1) is 5.10 Å². The number of aromatic amines is 1. The van der Waals surface area contributed by atoms with Gasteiger partial charge in [0, 0.05) is 0 Å². The van der Waals surface area contributed by atoms with Gasteiger partial charge >= 0.3 is 5.97 Å². The van der Waals surface area contributed by atoms with Crippen LogP contribution in [-0.2, 0) is 0 Å². The second-order valence-electron chi connectivity index (χ2n) is 2.43. The highest BCUT2D eigenvalue weighted by molar-refractivity contribution is 6.32. The molecule has 0 atom stereocenters. The van der Waals surface area contributed by atoms with Gasteiger partial charge < -0.3 is 5.11 Å². The lowest BCUT2D eigenvalue weighted by atomic mass is 10.5. The van der Waals surface area contributed by atoms with Gasteiger partial charge in [-0.25, -0.2) is 19.5 Å². The number of nitrogens with zero attached hydrogens (tertiary/aromatic N) is 3. The number of aldehydes is 1. The molecule has 2 heterocycles. The number of rotatable bonds is 2. The molecular weight excluding hydrogens is 212 g/mol. The second-order valence-corrected chi connectivity index (χ2v) is 2.79. The van der Waals surface area contributed by atoms with E-state index in [1.807, 2.05) is 0 Å². The number of carboxylic acid groups (broad SMARTS) is 1. The number of hydrogen-bond donors (Lipinski definition) is 2. The zero-order chi connectivity index (χ0) is 10.3. The number of aromatic nitrogens is 4. The average Bonchev–Trinajstić information content (AvgIpc) is 2.61. The Kier molecular flexibility index (Phi) is 1.74. The van der Waals surface area contributed by atoms with Crippen LogP contribution < -0.4 is 0 Å². The molecule has 0 amide bonds. The van der Waals surface area contributed by atoms with E-state index in [4.69, 9.17) is 16.7 Å². The van der Waals surface area contributed by atoms with Crippen LogP contribution in [0.2, 0.25) is 5.15 Å². The van der Waals surface area contributed by atoms with Gasteiger partial charge in [0.1, 0.15) is 5.69 Å². The molecule has 2 rings (SSSR count). The zero-order valence-corrected chi connectivity index (χ0v) is 7.32. The highest BCUT2D eigenvalue weighted by Gasteiger charge is 2.19. The van der Waals surface area contributed by atoms with Crippen LogP contribution in [-0.4, -0.2) is 37.2 Å². The molecule has 8 heteroatoms. The van der Waals surface area contributed by atoms with Crippen LogP contribution in [0.5, 0.6) is 0 Å². The molecule has 7 nitrogen and oxygen atoms in total. The summed E-state index contributed by atoms with van der Waals surface area (Å²) in [5.74, 6) is -1.24. The number of carbonyl (C=O) groups excluding carboxylic acids is 1. The lowest BCUT2D eigenvalue weighted by Gasteiger charge is -1.83. The lowest BCUT2D eigenvalue weighted by Crippen LogP contribution is -1.97. The van der Waals surface area contributed by atoms with Crippen molar-refractivity contribution in [1.29, 1.82) is 0 Å². The number of nitrogens with one attached hydrogen (secondary N) is 1. The third kappa shape index (κ3) is 0.990. The fourth-order valence-electron chi connectivity index (χ4n) is 1.06. The first-order chi connectivity index (χ1) is 6.65. The summed E-state index contributed by atoms with van der Waals surface area (Å²) in [7, 11) is 0. The van der Waals surface area contributed by atoms with Gasteiger partial charge in [-0.05, 0) is 0 Å². The minimum Gasteiger partial charge on any atom is -0.476 e. The zero-order valence-electron chi connectivity index (χ0n) is 6.56. The highest BCUT2D eigenvalue weighted by atomic mass is 35.5. The molecule has 0 saturated carbocycles. The third-order valence-electron chi connectivity index (χ3n) is 1.66. The average molecular weight is 215 g/mol. The summed E-state index contributed by atoms with van der Waals surface area (Å²) in [5, 5.41) is 14.4. The Labute approximate surface area is 81.3 Å². The molecule has 0 radical (unpaired) electrons. The Bertz CT molecular complexity index is 528. The molecule has 0 fully saturated rings. The fourth-order valence-corrected chi connectivity index (χ4v) is 1.27. The number of hydrogen-bond acceptors (Lipinski definition) is 4. The van der Waals surface area contributed by atoms with Crippen LogP contribution in [0.15, 0.2) is 0 Å². The van der Waals surface area contributed by atoms with E-state index in [1.165, 1.54) is 0 Å². The number of imidazole rings is 1. The summed E-state index contributed by atoms with van der Waals surface area (Å²) < 4.78 is 1.11. The summed E-state index contributed by atoms with van der Waals surface area (Å²) in [6, 6.07) is 0. The van der Waals surface area contributed by atoms with E-state index in [2.05, 4.69) is 15.3 Å². The van der Waals surface area contributed by atoms with Gasteiger partial charge in [0.2, 0.25) is 5.69 Å². The van der Waals surface area contributed by atoms with E-state index < -0.39 is 5.97 Å². The molecule has 2 aromatic heterocycles. The third-order valence-corrected chi connectivity index (χ3v) is 1.93. The van der Waals surface area contributed by atoms with Gasteiger partial charge in [-0.3, -0.25) is 4.79 Å².